The fraction of sp³-hybridized carbons (Fsp3) is 0.156. The number of nitriles is 1. The second-order valence-electron chi connectivity index (χ2n) is 9.00. The van der Waals surface area contributed by atoms with Crippen molar-refractivity contribution in [3.63, 3.8) is 0 Å². The van der Waals surface area contributed by atoms with Crippen LogP contribution in [0.15, 0.2) is 91.0 Å². The Labute approximate surface area is 206 Å². The summed E-state index contributed by atoms with van der Waals surface area (Å²) in [5, 5.41) is 9.53. The summed E-state index contributed by atoms with van der Waals surface area (Å²) < 4.78 is 28.4. The topological polar surface area (TPSA) is 23.8 Å². The van der Waals surface area contributed by atoms with Gasteiger partial charge in [-0.2, -0.15) is 5.26 Å². The average Bonchev–Trinajstić information content (AvgIpc) is 2.83. The predicted molar refractivity (Wildman–Crippen MR) is 140 cm³/mol. The predicted octanol–water partition coefficient (Wildman–Crippen LogP) is 8.60. The largest absolute Gasteiger partial charge is 0.207 e. The first-order valence-electron chi connectivity index (χ1n) is 11.6. The second kappa shape index (κ2) is 10.1. The Kier molecular flexibility index (Phi) is 6.94. The zero-order chi connectivity index (χ0) is 25.1. The minimum absolute atomic E-state index is 0.254. The number of hydrogen-bond acceptors (Lipinski definition) is 1. The Balaban J connectivity index is 1.98. The van der Waals surface area contributed by atoms with E-state index in [4.69, 9.17) is 0 Å². The standard InChI is InChI=1S/C32H27F2N/c1-5-29(26-15-27(33)18-28(34)16-26)32(23-12-9-20(2)10-13-23)24-14-11-21(3)31(17-24)30-8-6-7-25(19-35)22(30)4/h5-10,12-18,21H,1,11H2,2-4H3/b32-29+. The number of allylic oxidation sites excluding steroid dienone is 7. The van der Waals surface area contributed by atoms with Gasteiger partial charge in [-0.3, -0.25) is 0 Å². The highest BCUT2D eigenvalue weighted by atomic mass is 19.1. The minimum Gasteiger partial charge on any atom is -0.207 e. The third kappa shape index (κ3) is 4.93. The van der Waals surface area contributed by atoms with Crippen molar-refractivity contribution in [2.45, 2.75) is 27.2 Å². The smallest absolute Gasteiger partial charge is 0.126 e. The third-order valence-electron chi connectivity index (χ3n) is 6.57. The molecule has 1 aliphatic carbocycles. The van der Waals surface area contributed by atoms with Crippen LogP contribution in [0, 0.1) is 42.7 Å². The molecule has 174 valence electrons. The molecule has 0 saturated heterocycles. The summed E-state index contributed by atoms with van der Waals surface area (Å²) in [6, 6.07) is 19.7. The highest BCUT2D eigenvalue weighted by Crippen LogP contribution is 2.41. The number of aryl methyl sites for hydroxylation is 1. The van der Waals surface area contributed by atoms with Crippen LogP contribution >= 0.6 is 0 Å². The molecule has 0 bridgehead atoms. The summed E-state index contributed by atoms with van der Waals surface area (Å²) in [7, 11) is 0. The molecule has 3 heteroatoms. The van der Waals surface area contributed by atoms with Crippen LogP contribution < -0.4 is 0 Å². The minimum atomic E-state index is -0.631. The molecule has 0 amide bonds. The molecule has 1 aliphatic rings. The molecule has 3 aromatic carbocycles. The maximum Gasteiger partial charge on any atom is 0.126 e. The van der Waals surface area contributed by atoms with Gasteiger partial charge in [-0.25, -0.2) is 8.78 Å². The van der Waals surface area contributed by atoms with Gasteiger partial charge < -0.3 is 0 Å². The zero-order valence-corrected chi connectivity index (χ0v) is 20.2. The van der Waals surface area contributed by atoms with Crippen LogP contribution in [0.5, 0.6) is 0 Å². The Morgan fingerprint density at radius 2 is 1.69 bits per heavy atom. The highest BCUT2D eigenvalue weighted by Gasteiger charge is 2.22. The van der Waals surface area contributed by atoms with Crippen LogP contribution in [0.4, 0.5) is 8.78 Å². The maximum absolute atomic E-state index is 14.2. The van der Waals surface area contributed by atoms with Gasteiger partial charge in [-0.15, -0.1) is 0 Å². The first kappa shape index (κ1) is 24.1. The van der Waals surface area contributed by atoms with E-state index in [1.807, 2.05) is 56.3 Å². The fourth-order valence-electron chi connectivity index (χ4n) is 4.66. The summed E-state index contributed by atoms with van der Waals surface area (Å²) >= 11 is 0. The van der Waals surface area contributed by atoms with E-state index >= 15 is 0 Å². The summed E-state index contributed by atoms with van der Waals surface area (Å²) in [5.41, 5.74) is 8.76. The van der Waals surface area contributed by atoms with Gasteiger partial charge in [0.1, 0.15) is 11.6 Å². The van der Waals surface area contributed by atoms with Gasteiger partial charge in [-0.1, -0.05) is 73.7 Å². The van der Waals surface area contributed by atoms with Crippen molar-refractivity contribution in [3.05, 3.63) is 136 Å². The van der Waals surface area contributed by atoms with E-state index in [1.54, 1.807) is 6.08 Å². The van der Waals surface area contributed by atoms with E-state index < -0.39 is 11.6 Å². The highest BCUT2D eigenvalue weighted by molar-refractivity contribution is 6.04. The molecule has 1 unspecified atom stereocenters. The summed E-state index contributed by atoms with van der Waals surface area (Å²) in [4.78, 5) is 0. The van der Waals surface area contributed by atoms with Crippen molar-refractivity contribution < 1.29 is 8.78 Å². The van der Waals surface area contributed by atoms with E-state index in [-0.39, 0.29) is 5.92 Å². The third-order valence-corrected chi connectivity index (χ3v) is 6.57. The molecule has 35 heavy (non-hydrogen) atoms. The molecule has 0 aliphatic heterocycles. The number of hydrogen-bond donors (Lipinski definition) is 0. The van der Waals surface area contributed by atoms with Crippen LogP contribution in [0.3, 0.4) is 0 Å². The molecule has 0 heterocycles. The Morgan fingerprint density at radius 1 is 1.00 bits per heavy atom. The first-order valence-corrected chi connectivity index (χ1v) is 11.6. The van der Waals surface area contributed by atoms with Crippen molar-refractivity contribution in [2.24, 2.45) is 5.92 Å². The number of benzene rings is 3. The quantitative estimate of drug-likeness (QED) is 0.274. The molecule has 4 rings (SSSR count). The molecular weight excluding hydrogens is 436 g/mol. The van der Waals surface area contributed by atoms with Gasteiger partial charge in [0.05, 0.1) is 11.6 Å². The van der Waals surface area contributed by atoms with E-state index in [1.165, 1.54) is 12.1 Å². The Hall–Kier alpha value is -4.03. The molecule has 1 atom stereocenters. The van der Waals surface area contributed by atoms with Crippen LogP contribution in [-0.2, 0) is 0 Å². The van der Waals surface area contributed by atoms with Gasteiger partial charge in [0, 0.05) is 6.07 Å². The number of nitrogens with zero attached hydrogens (tertiary/aromatic N) is 1. The molecule has 3 aromatic rings. The normalized spacial score (nSPS) is 16.1. The Bertz CT molecular complexity index is 1410. The van der Waals surface area contributed by atoms with Gasteiger partial charge in [0.2, 0.25) is 0 Å². The lowest BCUT2D eigenvalue weighted by atomic mass is 9.79. The van der Waals surface area contributed by atoms with Crippen molar-refractivity contribution in [1.29, 1.82) is 5.26 Å². The lowest BCUT2D eigenvalue weighted by molar-refractivity contribution is 0.582. The van der Waals surface area contributed by atoms with Gasteiger partial charge in [0.25, 0.3) is 0 Å². The molecule has 0 radical (unpaired) electrons. The van der Waals surface area contributed by atoms with Gasteiger partial charge in [0.15, 0.2) is 0 Å². The van der Waals surface area contributed by atoms with Crippen LogP contribution in [0.2, 0.25) is 0 Å². The summed E-state index contributed by atoms with van der Waals surface area (Å²) in [5.74, 6) is -1.01. The van der Waals surface area contributed by atoms with Crippen molar-refractivity contribution in [2.75, 3.05) is 0 Å². The molecule has 1 nitrogen and oxygen atoms in total. The van der Waals surface area contributed by atoms with Crippen molar-refractivity contribution >= 4 is 16.7 Å². The molecule has 0 saturated carbocycles. The fourth-order valence-corrected chi connectivity index (χ4v) is 4.66. The SMILES string of the molecule is C=C/C(=C(\C1=CCC(C)C(c2cccc(C#N)c2C)=C1)c1ccc(C)cc1)c1cc(F)cc(F)c1. The molecule has 0 spiro atoms. The number of halogens is 2. The van der Waals surface area contributed by atoms with Crippen LogP contribution in [-0.4, -0.2) is 0 Å². The first-order chi connectivity index (χ1) is 16.8. The lowest BCUT2D eigenvalue weighted by Gasteiger charge is -2.25. The molecule has 0 fully saturated rings. The van der Waals surface area contributed by atoms with Crippen LogP contribution in [0.1, 0.15) is 46.7 Å². The van der Waals surface area contributed by atoms with Gasteiger partial charge >= 0.3 is 0 Å². The number of rotatable bonds is 5. The summed E-state index contributed by atoms with van der Waals surface area (Å²) in [6.45, 7) is 10.2. The maximum atomic E-state index is 14.2. The van der Waals surface area contributed by atoms with Crippen molar-refractivity contribution in [1.82, 2.24) is 0 Å². The van der Waals surface area contributed by atoms with E-state index in [9.17, 15) is 14.0 Å². The van der Waals surface area contributed by atoms with E-state index in [0.29, 0.717) is 16.7 Å². The van der Waals surface area contributed by atoms with Gasteiger partial charge in [-0.05, 0) is 88.9 Å². The van der Waals surface area contributed by atoms with Crippen LogP contribution in [0.25, 0.3) is 16.7 Å². The van der Waals surface area contributed by atoms with E-state index in [0.717, 1.165) is 51.5 Å². The Morgan fingerprint density at radius 3 is 2.31 bits per heavy atom. The molecule has 0 N–H and O–H groups in total. The molecule has 0 aromatic heterocycles. The molecular formula is C32H27F2N. The average molecular weight is 464 g/mol. The van der Waals surface area contributed by atoms with E-state index in [2.05, 4.69) is 31.7 Å². The second-order valence-corrected chi connectivity index (χ2v) is 9.00. The van der Waals surface area contributed by atoms with Crippen molar-refractivity contribution in [3.8, 4) is 6.07 Å². The summed E-state index contributed by atoms with van der Waals surface area (Å²) in [6.07, 6.45) is 6.78. The lowest BCUT2D eigenvalue weighted by Crippen LogP contribution is -2.07. The monoisotopic (exact) mass is 463 g/mol. The zero-order valence-electron chi connectivity index (χ0n) is 20.2.